The molecular weight excluding hydrogens is 747 g/mol. The number of halogens is 2. The van der Waals surface area contributed by atoms with Gasteiger partial charge >= 0.3 is 37.9 Å². The predicted octanol–water partition coefficient (Wildman–Crippen LogP) is 14.3. The van der Waals surface area contributed by atoms with Crippen molar-refractivity contribution in [2.24, 2.45) is 0 Å². The fourth-order valence-electron chi connectivity index (χ4n) is 6.16. The molecule has 8 aromatic rings. The van der Waals surface area contributed by atoms with Crippen molar-refractivity contribution in [2.75, 3.05) is 0 Å². The van der Waals surface area contributed by atoms with Gasteiger partial charge < -0.3 is 0 Å². The number of benzene rings is 6. The van der Waals surface area contributed by atoms with E-state index in [1.165, 1.54) is 85.5 Å². The van der Waals surface area contributed by atoms with Crippen LogP contribution in [0.15, 0.2) is 146 Å². The van der Waals surface area contributed by atoms with E-state index >= 15 is 0 Å². The zero-order chi connectivity index (χ0) is 35.0. The molecule has 0 aliphatic carbocycles. The Morgan fingerprint density at radius 2 is 0.796 bits per heavy atom. The molecule has 2 radical (unpaired) electrons. The monoisotopic (exact) mass is 786 g/mol. The van der Waals surface area contributed by atoms with Crippen LogP contribution in [0.4, 0.5) is 0 Å². The molecule has 0 aliphatic heterocycles. The molecule has 0 aliphatic rings. The van der Waals surface area contributed by atoms with Gasteiger partial charge in [0.05, 0.1) is 0 Å². The second-order valence-electron chi connectivity index (χ2n) is 13.3. The Morgan fingerprint density at radius 1 is 0.490 bits per heavy atom. The first kappa shape index (κ1) is 37.2. The molecule has 49 heavy (non-hydrogen) atoms. The Bertz CT molecular complexity index is 2130. The van der Waals surface area contributed by atoms with Crippen molar-refractivity contribution in [1.82, 2.24) is 0 Å². The molecular formula is C44H42Cl2Si2Zr. The molecule has 244 valence electrons. The first-order chi connectivity index (χ1) is 23.6. The fraction of sp³-hybridized carbons (Fsp3) is 0.136. The average molecular weight is 789 g/mol. The third kappa shape index (κ3) is 9.40. The summed E-state index contributed by atoms with van der Waals surface area (Å²) in [6.07, 6.45) is 0. The topological polar surface area (TPSA) is 0 Å². The van der Waals surface area contributed by atoms with Crippen molar-refractivity contribution in [3.8, 4) is 22.3 Å². The summed E-state index contributed by atoms with van der Waals surface area (Å²) in [6, 6.07) is 52.5. The third-order valence-electron chi connectivity index (χ3n) is 8.70. The van der Waals surface area contributed by atoms with Crippen LogP contribution in [-0.4, -0.2) is 16.6 Å². The van der Waals surface area contributed by atoms with Gasteiger partial charge in [-0.25, -0.2) is 0 Å². The molecule has 0 fully saturated rings. The van der Waals surface area contributed by atoms with Crippen molar-refractivity contribution in [2.45, 2.75) is 40.0 Å². The van der Waals surface area contributed by atoms with Crippen LogP contribution in [0, 0.1) is 13.8 Å². The Hall–Kier alpha value is -3.04. The van der Waals surface area contributed by atoms with Gasteiger partial charge in [-0.15, -0.1) is 69.1 Å². The maximum atomic E-state index is 4.93. The molecule has 0 unspecified atom stereocenters. The van der Waals surface area contributed by atoms with Crippen LogP contribution >= 0.6 is 17.0 Å². The summed E-state index contributed by atoms with van der Waals surface area (Å²) in [5.41, 5.74) is 7.94. The van der Waals surface area contributed by atoms with E-state index in [0.29, 0.717) is 0 Å². The van der Waals surface area contributed by atoms with E-state index < -0.39 is 28.4 Å². The van der Waals surface area contributed by atoms with E-state index in [0.717, 1.165) is 0 Å². The second-order valence-corrected chi connectivity index (χ2v) is 28.0. The van der Waals surface area contributed by atoms with Gasteiger partial charge in [0.1, 0.15) is 0 Å². The van der Waals surface area contributed by atoms with E-state index in [2.05, 4.69) is 186 Å². The molecule has 8 aromatic carbocycles. The van der Waals surface area contributed by atoms with Gasteiger partial charge in [-0.05, 0) is 32.7 Å². The number of hydrogen-bond acceptors (Lipinski definition) is 0. The van der Waals surface area contributed by atoms with E-state index in [-0.39, 0.29) is 0 Å². The molecule has 0 N–H and O–H groups in total. The quantitative estimate of drug-likeness (QED) is 0.124. The van der Waals surface area contributed by atoms with Crippen LogP contribution in [0.5, 0.6) is 0 Å². The minimum absolute atomic E-state index is 0.603. The van der Waals surface area contributed by atoms with Crippen LogP contribution in [0.2, 0.25) is 26.2 Å². The van der Waals surface area contributed by atoms with Crippen molar-refractivity contribution in [3.05, 3.63) is 157 Å². The zero-order valence-corrected chi connectivity index (χ0v) is 35.1. The number of hydrogen-bond donors (Lipinski definition) is 0. The van der Waals surface area contributed by atoms with Gasteiger partial charge in [0.15, 0.2) is 0 Å². The van der Waals surface area contributed by atoms with Gasteiger partial charge in [0, 0.05) is 16.6 Å². The summed E-state index contributed by atoms with van der Waals surface area (Å²) >= 11 is -0.826. The standard InChI is InChI=1S/2C20H15.C4H12Si2.2ClH.Zr/c2*1-14-12-16-8-5-11-19(20(16)13-14)18-10-4-7-15-6-2-3-9-17(15)18;1-5-6(2,3)4;;;/h2*2-13H,1H3;1-4H3;2*1H;/q2*-1;;;;+4/p-2. The molecule has 0 heterocycles. The van der Waals surface area contributed by atoms with E-state index in [9.17, 15) is 0 Å². The average Bonchev–Trinajstić information content (AvgIpc) is 3.69. The van der Waals surface area contributed by atoms with Gasteiger partial charge in [0.25, 0.3) is 0 Å². The summed E-state index contributed by atoms with van der Waals surface area (Å²) in [5, 5.41) is 10.6. The summed E-state index contributed by atoms with van der Waals surface area (Å²) in [5.74, 6) is 0. The number of fused-ring (bicyclic) bond motifs is 4. The maximum absolute atomic E-state index is 4.93. The van der Waals surface area contributed by atoms with Gasteiger partial charge in [0.2, 0.25) is 0 Å². The van der Waals surface area contributed by atoms with Gasteiger partial charge in [-0.2, -0.15) is 12.1 Å². The molecule has 0 aromatic heterocycles. The van der Waals surface area contributed by atoms with Crippen molar-refractivity contribution < 1.29 is 20.8 Å². The molecule has 8 rings (SSSR count). The normalized spacial score (nSPS) is 10.9. The number of aryl methyl sites for hydroxylation is 2. The van der Waals surface area contributed by atoms with Crippen molar-refractivity contribution in [3.63, 3.8) is 0 Å². The van der Waals surface area contributed by atoms with Crippen LogP contribution in [-0.2, 0) is 20.8 Å². The molecule has 0 bridgehead atoms. The van der Waals surface area contributed by atoms with E-state index in [1.54, 1.807) is 0 Å². The molecule has 5 heteroatoms. The second kappa shape index (κ2) is 17.3. The first-order valence-electron chi connectivity index (χ1n) is 16.6. The van der Waals surface area contributed by atoms with Gasteiger partial charge in [-0.3, -0.25) is 0 Å². The fourth-order valence-corrected chi connectivity index (χ4v) is 6.16. The van der Waals surface area contributed by atoms with Crippen molar-refractivity contribution >= 4 is 76.7 Å². The molecule has 0 nitrogen and oxygen atoms in total. The molecule has 0 amide bonds. The van der Waals surface area contributed by atoms with Crippen LogP contribution < -0.4 is 0 Å². The van der Waals surface area contributed by atoms with Gasteiger partial charge in [-0.1, -0.05) is 148 Å². The Balaban J connectivity index is 0.000000154. The SMILES string of the molecule is C[Si][Si](C)(C)C.Cc1cc2c(-c3cccc4ccccc34)cccc2[cH-]1.Cc1cc2c(-c3cccc4ccccc34)cccc2[cH-]1.[Cl][Zr+2][Cl]. The predicted molar refractivity (Wildman–Crippen MR) is 221 cm³/mol. The van der Waals surface area contributed by atoms with Crippen LogP contribution in [0.3, 0.4) is 0 Å². The van der Waals surface area contributed by atoms with E-state index in [1.807, 2.05) is 0 Å². The van der Waals surface area contributed by atoms with Crippen LogP contribution in [0.1, 0.15) is 11.1 Å². The molecule has 0 saturated carbocycles. The molecule has 0 saturated heterocycles. The third-order valence-corrected chi connectivity index (χ3v) is 14.7. The first-order valence-corrected chi connectivity index (χ1v) is 28.9. The summed E-state index contributed by atoms with van der Waals surface area (Å²) in [4.78, 5) is 0. The number of rotatable bonds is 3. The summed E-state index contributed by atoms with van der Waals surface area (Å²) in [6.45, 7) is 13.8. The molecule has 0 spiro atoms. The van der Waals surface area contributed by atoms with Crippen molar-refractivity contribution in [1.29, 1.82) is 0 Å². The summed E-state index contributed by atoms with van der Waals surface area (Å²) in [7, 11) is 10.5. The van der Waals surface area contributed by atoms with Crippen LogP contribution in [0.25, 0.3) is 65.3 Å². The Labute approximate surface area is 314 Å². The zero-order valence-electron chi connectivity index (χ0n) is 29.1. The Kier molecular flexibility index (Phi) is 13.1. The minimum atomic E-state index is -0.826. The van der Waals surface area contributed by atoms with E-state index in [4.69, 9.17) is 17.0 Å². The summed E-state index contributed by atoms with van der Waals surface area (Å²) < 4.78 is 0. The Morgan fingerprint density at radius 3 is 1.16 bits per heavy atom. The molecule has 0 atom stereocenters.